The minimum absolute atomic E-state index is 0.273. The molecule has 23 heavy (non-hydrogen) atoms. The van der Waals surface area contributed by atoms with Gasteiger partial charge < -0.3 is 9.32 Å². The fourth-order valence-electron chi connectivity index (χ4n) is 3.42. The average Bonchev–Trinajstić information content (AvgIpc) is 2.93. The van der Waals surface area contributed by atoms with Crippen LogP contribution in [-0.2, 0) is 6.42 Å². The molecule has 0 bridgehead atoms. The van der Waals surface area contributed by atoms with Crippen molar-refractivity contribution in [3.05, 3.63) is 47.4 Å². The van der Waals surface area contributed by atoms with Crippen molar-refractivity contribution in [1.29, 1.82) is 0 Å². The van der Waals surface area contributed by atoms with Crippen LogP contribution in [0.15, 0.2) is 28.9 Å². The standard InChI is InChI=1S/C18H19FN2O2/c1-11-8-13-6-3-7-14(19)16(13)21(9-11)18(22)15-10-23-17(20-15)12-4-2-5-12/h3,6-7,10-12H,2,4-5,8-9H2,1H3. The number of aromatic nitrogens is 1. The van der Waals surface area contributed by atoms with Crippen LogP contribution in [0, 0.1) is 11.7 Å². The molecule has 2 aliphatic rings. The molecular formula is C18H19FN2O2. The predicted molar refractivity (Wildman–Crippen MR) is 84.0 cm³/mol. The normalized spacial score (nSPS) is 21.0. The maximum Gasteiger partial charge on any atom is 0.280 e. The first kappa shape index (κ1) is 14.4. The van der Waals surface area contributed by atoms with Gasteiger partial charge in [0.25, 0.3) is 5.91 Å². The summed E-state index contributed by atoms with van der Waals surface area (Å²) in [5, 5.41) is 0. The van der Waals surface area contributed by atoms with E-state index >= 15 is 0 Å². The highest BCUT2D eigenvalue weighted by molar-refractivity contribution is 6.05. The molecule has 1 amide bonds. The summed E-state index contributed by atoms with van der Waals surface area (Å²) in [6.07, 6.45) is 5.50. The molecule has 5 heteroatoms. The summed E-state index contributed by atoms with van der Waals surface area (Å²) in [4.78, 5) is 18.7. The van der Waals surface area contributed by atoms with Crippen molar-refractivity contribution >= 4 is 11.6 Å². The highest BCUT2D eigenvalue weighted by Crippen LogP contribution is 2.36. The van der Waals surface area contributed by atoms with E-state index < -0.39 is 0 Å². The van der Waals surface area contributed by atoms with Gasteiger partial charge in [0, 0.05) is 12.5 Å². The molecule has 1 saturated carbocycles. The number of oxazole rings is 1. The molecule has 1 aliphatic carbocycles. The summed E-state index contributed by atoms with van der Waals surface area (Å²) in [5.74, 6) is 0.619. The highest BCUT2D eigenvalue weighted by Gasteiger charge is 2.32. The first-order valence-corrected chi connectivity index (χ1v) is 8.18. The monoisotopic (exact) mass is 314 g/mol. The third kappa shape index (κ3) is 2.44. The lowest BCUT2D eigenvalue weighted by molar-refractivity contribution is 0.0975. The summed E-state index contributed by atoms with van der Waals surface area (Å²) in [5.41, 5.74) is 1.54. The fourth-order valence-corrected chi connectivity index (χ4v) is 3.42. The number of anilines is 1. The number of nitrogens with zero attached hydrogens (tertiary/aromatic N) is 2. The van der Waals surface area contributed by atoms with Crippen LogP contribution in [0.5, 0.6) is 0 Å². The Balaban J connectivity index is 1.67. The molecule has 2 heterocycles. The number of hydrogen-bond donors (Lipinski definition) is 0. The molecule has 0 saturated heterocycles. The SMILES string of the molecule is CC1Cc2cccc(F)c2N(C(=O)c2coc(C3CCC3)n2)C1. The van der Waals surface area contributed by atoms with E-state index in [1.54, 1.807) is 6.07 Å². The molecule has 2 aromatic rings. The van der Waals surface area contributed by atoms with Crippen molar-refractivity contribution in [3.8, 4) is 0 Å². The van der Waals surface area contributed by atoms with Crippen LogP contribution < -0.4 is 4.90 Å². The van der Waals surface area contributed by atoms with Crippen LogP contribution in [0.1, 0.15) is 54.0 Å². The van der Waals surface area contributed by atoms with Crippen LogP contribution in [-0.4, -0.2) is 17.4 Å². The lowest BCUT2D eigenvalue weighted by Crippen LogP contribution is -2.40. The molecule has 120 valence electrons. The van der Waals surface area contributed by atoms with E-state index in [-0.39, 0.29) is 23.3 Å². The molecule has 0 radical (unpaired) electrons. The van der Waals surface area contributed by atoms with Crippen LogP contribution >= 0.6 is 0 Å². The van der Waals surface area contributed by atoms with Crippen LogP contribution in [0.2, 0.25) is 0 Å². The van der Waals surface area contributed by atoms with Gasteiger partial charge >= 0.3 is 0 Å². The van der Waals surface area contributed by atoms with Gasteiger partial charge in [-0.05, 0) is 36.8 Å². The molecular weight excluding hydrogens is 295 g/mol. The van der Waals surface area contributed by atoms with Gasteiger partial charge in [0.05, 0.1) is 5.69 Å². The summed E-state index contributed by atoms with van der Waals surface area (Å²) in [6.45, 7) is 2.56. The van der Waals surface area contributed by atoms with Crippen molar-refractivity contribution < 1.29 is 13.6 Å². The number of carbonyl (C=O) groups is 1. The number of hydrogen-bond acceptors (Lipinski definition) is 3. The molecule has 0 spiro atoms. The molecule has 1 aliphatic heterocycles. The topological polar surface area (TPSA) is 46.3 Å². The van der Waals surface area contributed by atoms with Crippen molar-refractivity contribution in [2.75, 3.05) is 11.4 Å². The highest BCUT2D eigenvalue weighted by atomic mass is 19.1. The summed E-state index contributed by atoms with van der Waals surface area (Å²) >= 11 is 0. The molecule has 1 unspecified atom stereocenters. The van der Waals surface area contributed by atoms with Crippen LogP contribution in [0.3, 0.4) is 0 Å². The second-order valence-corrected chi connectivity index (χ2v) is 6.67. The Morgan fingerprint density at radius 1 is 1.39 bits per heavy atom. The summed E-state index contributed by atoms with van der Waals surface area (Å²) < 4.78 is 19.8. The average molecular weight is 314 g/mol. The molecule has 1 aromatic carbocycles. The predicted octanol–water partition coefficient (Wildman–Crippen LogP) is 3.92. The minimum Gasteiger partial charge on any atom is -0.448 e. The third-order valence-corrected chi connectivity index (χ3v) is 4.84. The largest absolute Gasteiger partial charge is 0.448 e. The van der Waals surface area contributed by atoms with Gasteiger partial charge in [-0.15, -0.1) is 0 Å². The van der Waals surface area contributed by atoms with E-state index in [4.69, 9.17) is 4.42 Å². The Labute approximate surface area is 134 Å². The second-order valence-electron chi connectivity index (χ2n) is 6.67. The summed E-state index contributed by atoms with van der Waals surface area (Å²) in [7, 11) is 0. The number of para-hydroxylation sites is 1. The van der Waals surface area contributed by atoms with E-state index in [2.05, 4.69) is 11.9 Å². The van der Waals surface area contributed by atoms with Gasteiger partial charge in [-0.25, -0.2) is 9.37 Å². The molecule has 1 aromatic heterocycles. The lowest BCUT2D eigenvalue weighted by atomic mass is 9.85. The number of amides is 1. The molecule has 4 rings (SSSR count). The Bertz CT molecular complexity index is 751. The zero-order valence-electron chi connectivity index (χ0n) is 13.1. The number of rotatable bonds is 2. The smallest absolute Gasteiger partial charge is 0.280 e. The number of carbonyl (C=O) groups excluding carboxylic acids is 1. The quantitative estimate of drug-likeness (QED) is 0.844. The van der Waals surface area contributed by atoms with Crippen LogP contribution in [0.4, 0.5) is 10.1 Å². The Hall–Kier alpha value is -2.17. The van der Waals surface area contributed by atoms with Crippen LogP contribution in [0.25, 0.3) is 0 Å². The molecule has 4 nitrogen and oxygen atoms in total. The van der Waals surface area contributed by atoms with Gasteiger partial charge in [-0.3, -0.25) is 4.79 Å². The zero-order valence-corrected chi connectivity index (χ0v) is 13.1. The number of benzene rings is 1. The summed E-state index contributed by atoms with van der Waals surface area (Å²) in [6, 6.07) is 4.98. The van der Waals surface area contributed by atoms with Gasteiger partial charge in [0.2, 0.25) is 0 Å². The molecule has 1 atom stereocenters. The van der Waals surface area contributed by atoms with E-state index in [9.17, 15) is 9.18 Å². The number of halogens is 1. The minimum atomic E-state index is -0.356. The van der Waals surface area contributed by atoms with Crippen molar-refractivity contribution in [2.45, 2.75) is 38.5 Å². The van der Waals surface area contributed by atoms with Crippen molar-refractivity contribution in [1.82, 2.24) is 4.98 Å². The van der Waals surface area contributed by atoms with Gasteiger partial charge in [0.1, 0.15) is 12.1 Å². The van der Waals surface area contributed by atoms with E-state index in [1.165, 1.54) is 23.7 Å². The Kier molecular flexibility index (Phi) is 3.43. The molecule has 0 N–H and O–H groups in total. The Morgan fingerprint density at radius 2 is 2.22 bits per heavy atom. The maximum absolute atomic E-state index is 14.3. The first-order chi connectivity index (χ1) is 11.1. The zero-order chi connectivity index (χ0) is 16.0. The lowest BCUT2D eigenvalue weighted by Gasteiger charge is -2.32. The van der Waals surface area contributed by atoms with Crippen molar-refractivity contribution in [3.63, 3.8) is 0 Å². The fraction of sp³-hybridized carbons (Fsp3) is 0.444. The van der Waals surface area contributed by atoms with E-state index in [0.29, 0.717) is 24.0 Å². The molecule has 1 fully saturated rings. The second kappa shape index (κ2) is 5.48. The van der Waals surface area contributed by atoms with Gasteiger partial charge in [-0.2, -0.15) is 0 Å². The maximum atomic E-state index is 14.3. The van der Waals surface area contributed by atoms with E-state index in [1.807, 2.05) is 6.07 Å². The third-order valence-electron chi connectivity index (χ3n) is 4.84. The van der Waals surface area contributed by atoms with Gasteiger partial charge in [-0.1, -0.05) is 25.5 Å². The number of fused-ring (bicyclic) bond motifs is 1. The van der Waals surface area contributed by atoms with E-state index in [0.717, 1.165) is 24.8 Å². The Morgan fingerprint density at radius 3 is 2.96 bits per heavy atom. The van der Waals surface area contributed by atoms with Crippen molar-refractivity contribution in [2.24, 2.45) is 5.92 Å². The first-order valence-electron chi connectivity index (χ1n) is 8.18. The van der Waals surface area contributed by atoms with Gasteiger partial charge in [0.15, 0.2) is 11.6 Å².